The molecule has 0 aliphatic heterocycles. The van der Waals surface area contributed by atoms with Gasteiger partial charge in [-0.25, -0.2) is 8.42 Å². The SMILES string of the molecule is CC(C)c1ccc(C(NC(=O)c2ccc(CS(C)(=O)=O)cc2)C(C)C)cc1. The van der Waals surface area contributed by atoms with Gasteiger partial charge in [0, 0.05) is 11.8 Å². The lowest BCUT2D eigenvalue weighted by Crippen LogP contribution is -2.31. The first-order chi connectivity index (χ1) is 12.6. The average Bonchev–Trinajstić information content (AvgIpc) is 2.58. The fourth-order valence-electron chi connectivity index (χ4n) is 3.00. The largest absolute Gasteiger partial charge is 0.345 e. The van der Waals surface area contributed by atoms with Crippen LogP contribution < -0.4 is 5.32 Å². The van der Waals surface area contributed by atoms with E-state index in [1.54, 1.807) is 24.3 Å². The molecular weight excluding hydrogens is 358 g/mol. The predicted molar refractivity (Wildman–Crippen MR) is 111 cm³/mol. The molecule has 1 unspecified atom stereocenters. The van der Waals surface area contributed by atoms with Crippen LogP contribution in [0.5, 0.6) is 0 Å². The summed E-state index contributed by atoms with van der Waals surface area (Å²) in [6.45, 7) is 8.47. The lowest BCUT2D eigenvalue weighted by atomic mass is 9.93. The molecule has 0 bridgehead atoms. The van der Waals surface area contributed by atoms with Crippen molar-refractivity contribution in [3.63, 3.8) is 0 Å². The minimum Gasteiger partial charge on any atom is -0.345 e. The summed E-state index contributed by atoms with van der Waals surface area (Å²) in [4.78, 5) is 12.7. The summed E-state index contributed by atoms with van der Waals surface area (Å²) in [5.74, 6) is 0.526. The Morgan fingerprint density at radius 2 is 1.41 bits per heavy atom. The van der Waals surface area contributed by atoms with Crippen LogP contribution >= 0.6 is 0 Å². The molecule has 0 radical (unpaired) electrons. The summed E-state index contributed by atoms with van der Waals surface area (Å²) in [6.07, 6.45) is 1.20. The standard InChI is InChI=1S/C22H29NO3S/c1-15(2)18-10-12-19(13-11-18)21(16(3)4)23-22(24)20-8-6-17(7-9-20)14-27(5,25)26/h6-13,15-16,21H,14H2,1-5H3,(H,23,24). The molecule has 0 aliphatic carbocycles. The minimum absolute atomic E-state index is 0.0221. The summed E-state index contributed by atoms with van der Waals surface area (Å²) in [5, 5.41) is 3.11. The fourth-order valence-corrected chi connectivity index (χ4v) is 3.80. The van der Waals surface area contributed by atoms with Gasteiger partial charge < -0.3 is 5.32 Å². The molecule has 0 saturated carbocycles. The van der Waals surface area contributed by atoms with Crippen LogP contribution in [0.1, 0.15) is 66.7 Å². The van der Waals surface area contributed by atoms with Gasteiger partial charge in [0.1, 0.15) is 0 Å². The highest BCUT2D eigenvalue weighted by Crippen LogP contribution is 2.24. The second-order valence-corrected chi connectivity index (χ2v) is 9.92. The zero-order valence-corrected chi connectivity index (χ0v) is 17.5. The zero-order chi connectivity index (χ0) is 20.2. The topological polar surface area (TPSA) is 63.2 Å². The Hall–Kier alpha value is -2.14. The first-order valence-electron chi connectivity index (χ1n) is 9.24. The fraction of sp³-hybridized carbons (Fsp3) is 0.409. The van der Waals surface area contributed by atoms with Gasteiger partial charge in [0.25, 0.3) is 5.91 Å². The van der Waals surface area contributed by atoms with Crippen LogP contribution in [0.3, 0.4) is 0 Å². The van der Waals surface area contributed by atoms with Gasteiger partial charge in [-0.05, 0) is 40.7 Å². The van der Waals surface area contributed by atoms with Crippen LogP contribution in [-0.4, -0.2) is 20.6 Å². The van der Waals surface area contributed by atoms with Gasteiger partial charge in [-0.15, -0.1) is 0 Å². The maximum atomic E-state index is 12.7. The number of nitrogens with one attached hydrogen (secondary N) is 1. The molecule has 2 aromatic carbocycles. The number of sulfone groups is 1. The van der Waals surface area contributed by atoms with Crippen molar-refractivity contribution in [2.75, 3.05) is 6.26 Å². The summed E-state index contributed by atoms with van der Waals surface area (Å²) >= 11 is 0. The van der Waals surface area contributed by atoms with Gasteiger partial charge in [0.05, 0.1) is 11.8 Å². The highest BCUT2D eigenvalue weighted by molar-refractivity contribution is 7.89. The molecule has 5 heteroatoms. The van der Waals surface area contributed by atoms with E-state index >= 15 is 0 Å². The second-order valence-electron chi connectivity index (χ2n) is 7.78. The lowest BCUT2D eigenvalue weighted by Gasteiger charge is -2.23. The molecule has 0 aliphatic rings. The lowest BCUT2D eigenvalue weighted by molar-refractivity contribution is 0.0925. The Bertz CT molecular complexity index is 867. The highest BCUT2D eigenvalue weighted by atomic mass is 32.2. The van der Waals surface area contributed by atoms with Crippen molar-refractivity contribution < 1.29 is 13.2 Å². The molecule has 1 amide bonds. The van der Waals surface area contributed by atoms with E-state index in [2.05, 4.69) is 57.3 Å². The van der Waals surface area contributed by atoms with Crippen molar-refractivity contribution in [2.24, 2.45) is 5.92 Å². The molecular formula is C22H29NO3S. The smallest absolute Gasteiger partial charge is 0.251 e. The number of hydrogen-bond donors (Lipinski definition) is 1. The van der Waals surface area contributed by atoms with Crippen LogP contribution in [0.2, 0.25) is 0 Å². The Morgan fingerprint density at radius 3 is 1.85 bits per heavy atom. The maximum Gasteiger partial charge on any atom is 0.251 e. The monoisotopic (exact) mass is 387 g/mol. The Labute approximate surface area is 162 Å². The predicted octanol–water partition coefficient (Wildman–Crippen LogP) is 4.48. The molecule has 1 atom stereocenters. The summed E-state index contributed by atoms with van der Waals surface area (Å²) in [6, 6.07) is 15.0. The Kier molecular flexibility index (Phi) is 6.82. The first-order valence-corrected chi connectivity index (χ1v) is 11.3. The first kappa shape index (κ1) is 21.2. The number of benzene rings is 2. The average molecular weight is 388 g/mol. The Balaban J connectivity index is 2.15. The molecule has 2 aromatic rings. The normalized spacial score (nSPS) is 13.0. The van der Waals surface area contributed by atoms with Crippen LogP contribution in [0.25, 0.3) is 0 Å². The summed E-state index contributed by atoms with van der Waals surface area (Å²) in [7, 11) is -3.09. The van der Waals surface area contributed by atoms with Gasteiger partial charge in [0.15, 0.2) is 9.84 Å². The van der Waals surface area contributed by atoms with E-state index in [1.165, 1.54) is 11.8 Å². The third-order valence-corrected chi connectivity index (χ3v) is 5.42. The van der Waals surface area contributed by atoms with E-state index in [-0.39, 0.29) is 23.6 Å². The molecule has 0 aromatic heterocycles. The quantitative estimate of drug-likeness (QED) is 0.762. The van der Waals surface area contributed by atoms with Gasteiger partial charge in [-0.3, -0.25) is 4.79 Å². The van der Waals surface area contributed by atoms with Gasteiger partial charge in [-0.1, -0.05) is 64.1 Å². The second kappa shape index (κ2) is 8.70. The van der Waals surface area contributed by atoms with E-state index in [1.807, 2.05) is 0 Å². The third kappa shape index (κ3) is 6.21. The number of amides is 1. The van der Waals surface area contributed by atoms with Crippen LogP contribution in [-0.2, 0) is 15.6 Å². The molecule has 0 saturated heterocycles. The number of carbonyl (C=O) groups is 1. The van der Waals surface area contributed by atoms with Crippen molar-refractivity contribution >= 4 is 15.7 Å². The van der Waals surface area contributed by atoms with Crippen molar-refractivity contribution in [1.29, 1.82) is 0 Å². The van der Waals surface area contributed by atoms with Gasteiger partial charge >= 0.3 is 0 Å². The minimum atomic E-state index is -3.09. The van der Waals surface area contributed by atoms with E-state index in [0.29, 0.717) is 17.0 Å². The molecule has 146 valence electrons. The molecule has 0 heterocycles. The van der Waals surface area contributed by atoms with Gasteiger partial charge in [-0.2, -0.15) is 0 Å². The molecule has 0 fully saturated rings. The van der Waals surface area contributed by atoms with E-state index in [4.69, 9.17) is 0 Å². The molecule has 1 N–H and O–H groups in total. The number of rotatable bonds is 7. The number of carbonyl (C=O) groups excluding carboxylic acids is 1. The van der Waals surface area contributed by atoms with Crippen LogP contribution in [0.15, 0.2) is 48.5 Å². The summed E-state index contributed by atoms with van der Waals surface area (Å²) in [5.41, 5.74) is 3.56. The van der Waals surface area contributed by atoms with Gasteiger partial charge in [0.2, 0.25) is 0 Å². The van der Waals surface area contributed by atoms with Crippen LogP contribution in [0.4, 0.5) is 0 Å². The molecule has 0 spiro atoms. The molecule has 2 rings (SSSR count). The maximum absolute atomic E-state index is 12.7. The van der Waals surface area contributed by atoms with E-state index < -0.39 is 9.84 Å². The van der Waals surface area contributed by atoms with Crippen molar-refractivity contribution in [1.82, 2.24) is 5.32 Å². The van der Waals surface area contributed by atoms with Crippen molar-refractivity contribution in [3.8, 4) is 0 Å². The van der Waals surface area contributed by atoms with E-state index in [0.717, 1.165) is 5.56 Å². The molecule has 27 heavy (non-hydrogen) atoms. The Morgan fingerprint density at radius 1 is 0.889 bits per heavy atom. The molecule has 4 nitrogen and oxygen atoms in total. The third-order valence-electron chi connectivity index (χ3n) is 4.56. The van der Waals surface area contributed by atoms with E-state index in [9.17, 15) is 13.2 Å². The number of hydrogen-bond acceptors (Lipinski definition) is 3. The summed E-state index contributed by atoms with van der Waals surface area (Å²) < 4.78 is 22.8. The van der Waals surface area contributed by atoms with Crippen LogP contribution in [0, 0.1) is 5.92 Å². The highest BCUT2D eigenvalue weighted by Gasteiger charge is 2.19. The van der Waals surface area contributed by atoms with Crippen molar-refractivity contribution in [3.05, 3.63) is 70.8 Å². The van der Waals surface area contributed by atoms with Crippen molar-refractivity contribution in [2.45, 2.75) is 45.4 Å². The zero-order valence-electron chi connectivity index (χ0n) is 16.7.